The van der Waals surface area contributed by atoms with E-state index in [0.717, 1.165) is 24.4 Å². The van der Waals surface area contributed by atoms with Gasteiger partial charge < -0.3 is 10.4 Å². The zero-order valence-corrected chi connectivity index (χ0v) is 17.1. The summed E-state index contributed by atoms with van der Waals surface area (Å²) in [6, 6.07) is 5.08. The van der Waals surface area contributed by atoms with Crippen LogP contribution in [-0.2, 0) is 12.4 Å². The molecule has 0 saturated heterocycles. The molecular formula is C20H16F6N6O. The summed E-state index contributed by atoms with van der Waals surface area (Å²) in [4.78, 5) is 18.9. The Morgan fingerprint density at radius 1 is 0.879 bits per heavy atom. The minimum atomic E-state index is -4.71. The van der Waals surface area contributed by atoms with E-state index in [1.807, 2.05) is 0 Å². The normalized spacial score (nSPS) is 12.9. The van der Waals surface area contributed by atoms with E-state index in [-0.39, 0.29) is 29.0 Å². The van der Waals surface area contributed by atoms with E-state index in [2.05, 4.69) is 30.2 Å². The number of hydrogen-bond donors (Lipinski definition) is 2. The van der Waals surface area contributed by atoms with E-state index in [1.54, 1.807) is 0 Å². The Morgan fingerprint density at radius 2 is 1.58 bits per heavy atom. The highest BCUT2D eigenvalue weighted by Gasteiger charge is 2.33. The molecular weight excluding hydrogens is 454 g/mol. The molecule has 2 N–H and O–H groups in total. The van der Waals surface area contributed by atoms with E-state index in [9.17, 15) is 31.4 Å². The number of hydrogen-bond acceptors (Lipinski definition) is 7. The second-order valence-electron chi connectivity index (χ2n) is 7.29. The van der Waals surface area contributed by atoms with Crippen molar-refractivity contribution in [3.05, 3.63) is 59.8 Å². The molecule has 0 aliphatic heterocycles. The molecule has 0 saturated carbocycles. The van der Waals surface area contributed by atoms with E-state index in [1.165, 1.54) is 38.1 Å². The fourth-order valence-corrected chi connectivity index (χ4v) is 2.43. The molecule has 0 amide bonds. The predicted octanol–water partition coefficient (Wildman–Crippen LogP) is 4.89. The summed E-state index contributed by atoms with van der Waals surface area (Å²) in [6.07, 6.45) is -5.86. The summed E-state index contributed by atoms with van der Waals surface area (Å²) in [6.45, 7) is 2.93. The minimum absolute atomic E-state index is 0.0658. The Bertz CT molecular complexity index is 1170. The average Bonchev–Trinajstić information content (AvgIpc) is 2.71. The zero-order chi connectivity index (χ0) is 24.4. The number of alkyl halides is 6. The lowest BCUT2D eigenvalue weighted by Gasteiger charge is -2.12. The lowest BCUT2D eigenvalue weighted by Crippen LogP contribution is -2.14. The molecule has 3 aromatic heterocycles. The quantitative estimate of drug-likeness (QED) is 0.513. The van der Waals surface area contributed by atoms with Crippen LogP contribution in [-0.4, -0.2) is 35.6 Å². The molecule has 0 radical (unpaired) electrons. The maximum absolute atomic E-state index is 13.1. The summed E-state index contributed by atoms with van der Waals surface area (Å²) >= 11 is 0. The molecule has 33 heavy (non-hydrogen) atoms. The van der Waals surface area contributed by atoms with Crippen LogP contribution in [0.25, 0.3) is 17.6 Å². The first-order chi connectivity index (χ1) is 15.2. The van der Waals surface area contributed by atoms with Gasteiger partial charge in [-0.1, -0.05) is 6.07 Å². The second kappa shape index (κ2) is 8.73. The van der Waals surface area contributed by atoms with Gasteiger partial charge in [0, 0.05) is 11.9 Å². The van der Waals surface area contributed by atoms with Crippen LogP contribution in [0.15, 0.2) is 42.6 Å². The molecule has 0 aromatic carbocycles. The van der Waals surface area contributed by atoms with Crippen LogP contribution in [0.2, 0.25) is 0 Å². The van der Waals surface area contributed by atoms with E-state index >= 15 is 0 Å². The summed E-state index contributed by atoms with van der Waals surface area (Å²) in [5.74, 6) is -0.595. The number of aliphatic hydroxyl groups is 1. The first kappa shape index (κ1) is 24.0. The molecule has 3 rings (SSSR count). The van der Waals surface area contributed by atoms with Crippen molar-refractivity contribution in [3.63, 3.8) is 0 Å². The first-order valence-corrected chi connectivity index (χ1v) is 9.23. The summed E-state index contributed by atoms with van der Waals surface area (Å²) in [5.41, 5.74) is -3.90. The predicted molar refractivity (Wildman–Crippen MR) is 106 cm³/mol. The third kappa shape index (κ3) is 6.68. The largest absolute Gasteiger partial charge is 0.433 e. The van der Waals surface area contributed by atoms with Crippen LogP contribution >= 0.6 is 0 Å². The van der Waals surface area contributed by atoms with Crippen LogP contribution in [0.3, 0.4) is 0 Å². The number of anilines is 2. The maximum atomic E-state index is 13.1. The molecule has 3 heterocycles. The summed E-state index contributed by atoms with van der Waals surface area (Å²) in [5, 5.41) is 12.4. The van der Waals surface area contributed by atoms with E-state index in [4.69, 9.17) is 0 Å². The smallest absolute Gasteiger partial charge is 0.386 e. The van der Waals surface area contributed by atoms with Crippen molar-refractivity contribution in [1.82, 2.24) is 24.9 Å². The SMILES string of the molecule is CC(C)(O)C=Cc1nc(Nc2ccnc(C(F)(F)F)c2)nc(-c2cccc(C(F)(F)F)n2)n1. The van der Waals surface area contributed by atoms with Crippen LogP contribution < -0.4 is 5.32 Å². The van der Waals surface area contributed by atoms with Gasteiger partial charge in [0.2, 0.25) is 5.95 Å². The van der Waals surface area contributed by atoms with E-state index < -0.39 is 29.3 Å². The third-order valence-corrected chi connectivity index (χ3v) is 3.87. The summed E-state index contributed by atoms with van der Waals surface area (Å²) < 4.78 is 78.0. The molecule has 0 aliphatic carbocycles. The summed E-state index contributed by atoms with van der Waals surface area (Å²) in [7, 11) is 0. The van der Waals surface area contributed by atoms with Gasteiger partial charge in [-0.2, -0.15) is 36.3 Å². The van der Waals surface area contributed by atoms with Crippen LogP contribution in [0, 0.1) is 0 Å². The standard InChI is InChI=1S/C20H16F6N6O/c1-18(2,33)8-6-15-30-16(12-4-3-5-13(29-12)19(21,22)23)32-17(31-15)28-11-7-9-27-14(10-11)20(24,25)26/h3-10,33H,1-2H3,(H,27,28,30,31,32). The molecule has 0 unspecified atom stereocenters. The molecule has 7 nitrogen and oxygen atoms in total. The molecule has 0 bridgehead atoms. The maximum Gasteiger partial charge on any atom is 0.433 e. The molecule has 0 fully saturated rings. The van der Waals surface area contributed by atoms with Crippen LogP contribution in [0.4, 0.5) is 38.0 Å². The van der Waals surface area contributed by atoms with Gasteiger partial charge in [0.15, 0.2) is 11.6 Å². The molecule has 0 atom stereocenters. The van der Waals surface area contributed by atoms with Crippen LogP contribution in [0.5, 0.6) is 0 Å². The zero-order valence-electron chi connectivity index (χ0n) is 17.1. The van der Waals surface area contributed by atoms with Crippen molar-refractivity contribution in [1.29, 1.82) is 0 Å². The highest BCUT2D eigenvalue weighted by Crippen LogP contribution is 2.30. The van der Waals surface area contributed by atoms with E-state index in [0.29, 0.717) is 0 Å². The molecule has 0 spiro atoms. The molecule has 3 aromatic rings. The van der Waals surface area contributed by atoms with Gasteiger partial charge in [0.1, 0.15) is 17.1 Å². The Balaban J connectivity index is 2.07. The fourth-order valence-electron chi connectivity index (χ4n) is 2.43. The fraction of sp³-hybridized carbons (Fsp3) is 0.250. The van der Waals surface area contributed by atoms with Crippen molar-refractivity contribution in [2.45, 2.75) is 31.8 Å². The van der Waals surface area contributed by atoms with Crippen molar-refractivity contribution >= 4 is 17.7 Å². The van der Waals surface area contributed by atoms with Crippen molar-refractivity contribution < 1.29 is 31.4 Å². The molecule has 174 valence electrons. The van der Waals surface area contributed by atoms with Gasteiger partial charge in [-0.15, -0.1) is 0 Å². The molecule has 0 aliphatic rings. The van der Waals surface area contributed by atoms with Crippen molar-refractivity contribution in [2.24, 2.45) is 0 Å². The van der Waals surface area contributed by atoms with Crippen LogP contribution in [0.1, 0.15) is 31.1 Å². The lowest BCUT2D eigenvalue weighted by atomic mass is 10.1. The van der Waals surface area contributed by atoms with Gasteiger partial charge in [-0.3, -0.25) is 4.98 Å². The Kier molecular flexibility index (Phi) is 6.36. The lowest BCUT2D eigenvalue weighted by molar-refractivity contribution is -0.141. The van der Waals surface area contributed by atoms with Gasteiger partial charge in [0.05, 0.1) is 5.60 Å². The number of halogens is 6. The van der Waals surface area contributed by atoms with Gasteiger partial charge in [-0.05, 0) is 50.3 Å². The van der Waals surface area contributed by atoms with Gasteiger partial charge >= 0.3 is 12.4 Å². The van der Waals surface area contributed by atoms with Gasteiger partial charge in [0.25, 0.3) is 0 Å². The number of nitrogens with one attached hydrogen (secondary N) is 1. The Hall–Kier alpha value is -3.61. The Labute approximate surface area is 183 Å². The van der Waals surface area contributed by atoms with Crippen molar-refractivity contribution in [2.75, 3.05) is 5.32 Å². The average molecular weight is 470 g/mol. The van der Waals surface area contributed by atoms with Crippen molar-refractivity contribution in [3.8, 4) is 11.5 Å². The minimum Gasteiger partial charge on any atom is -0.386 e. The topological polar surface area (TPSA) is 96.7 Å². The van der Waals surface area contributed by atoms with Gasteiger partial charge in [-0.25, -0.2) is 9.97 Å². The highest BCUT2D eigenvalue weighted by molar-refractivity contribution is 5.59. The number of pyridine rings is 2. The monoisotopic (exact) mass is 470 g/mol. The number of nitrogens with zero attached hydrogens (tertiary/aromatic N) is 5. The second-order valence-corrected chi connectivity index (χ2v) is 7.29. The first-order valence-electron chi connectivity index (χ1n) is 9.23. The number of aromatic nitrogens is 5. The number of rotatable bonds is 5. The molecule has 13 heteroatoms. The third-order valence-electron chi connectivity index (χ3n) is 3.87. The Morgan fingerprint density at radius 3 is 2.21 bits per heavy atom. The highest BCUT2D eigenvalue weighted by atomic mass is 19.4.